The SMILES string of the molecule is NC(=O)c1ccc(N)c(NCc2cccc(CO)c2)c1. The Morgan fingerprint density at radius 2 is 1.90 bits per heavy atom. The fraction of sp³-hybridized carbons (Fsp3) is 0.133. The summed E-state index contributed by atoms with van der Waals surface area (Å²) in [4.78, 5) is 11.1. The van der Waals surface area contributed by atoms with Crippen molar-refractivity contribution in [2.45, 2.75) is 13.2 Å². The molecule has 0 saturated heterocycles. The lowest BCUT2D eigenvalue weighted by atomic mass is 10.1. The van der Waals surface area contributed by atoms with E-state index in [9.17, 15) is 4.79 Å². The third-order valence-corrected chi connectivity index (χ3v) is 2.99. The average Bonchev–Trinajstić information content (AvgIpc) is 2.46. The second-order valence-electron chi connectivity index (χ2n) is 4.50. The van der Waals surface area contributed by atoms with Gasteiger partial charge in [0.25, 0.3) is 0 Å². The number of hydrogen-bond acceptors (Lipinski definition) is 4. The first-order valence-corrected chi connectivity index (χ1v) is 6.22. The number of primary amides is 1. The number of rotatable bonds is 5. The third-order valence-electron chi connectivity index (χ3n) is 2.99. The summed E-state index contributed by atoms with van der Waals surface area (Å²) in [5, 5.41) is 12.3. The molecule has 1 amide bonds. The minimum Gasteiger partial charge on any atom is -0.397 e. The molecular weight excluding hydrogens is 254 g/mol. The molecular formula is C15H17N3O2. The number of nitrogen functional groups attached to an aromatic ring is 1. The first kappa shape index (κ1) is 13.9. The molecule has 0 bridgehead atoms. The smallest absolute Gasteiger partial charge is 0.248 e. The van der Waals surface area contributed by atoms with E-state index in [-0.39, 0.29) is 6.61 Å². The summed E-state index contributed by atoms with van der Waals surface area (Å²) in [5.74, 6) is -0.490. The molecule has 0 radical (unpaired) electrons. The van der Waals surface area contributed by atoms with E-state index in [1.54, 1.807) is 18.2 Å². The summed E-state index contributed by atoms with van der Waals surface area (Å²) in [5.41, 5.74) is 14.6. The molecule has 20 heavy (non-hydrogen) atoms. The highest BCUT2D eigenvalue weighted by atomic mass is 16.3. The fourth-order valence-electron chi connectivity index (χ4n) is 1.90. The molecule has 5 heteroatoms. The lowest BCUT2D eigenvalue weighted by Crippen LogP contribution is -2.12. The summed E-state index contributed by atoms with van der Waals surface area (Å²) in [6.45, 7) is 0.549. The summed E-state index contributed by atoms with van der Waals surface area (Å²) in [7, 11) is 0. The monoisotopic (exact) mass is 271 g/mol. The van der Waals surface area contributed by atoms with Crippen LogP contribution >= 0.6 is 0 Å². The molecule has 0 aliphatic heterocycles. The number of nitrogens with two attached hydrogens (primary N) is 2. The minimum atomic E-state index is -0.490. The van der Waals surface area contributed by atoms with E-state index in [2.05, 4.69) is 5.32 Å². The van der Waals surface area contributed by atoms with Crippen LogP contribution in [0.15, 0.2) is 42.5 Å². The molecule has 5 nitrogen and oxygen atoms in total. The van der Waals surface area contributed by atoms with Crippen molar-refractivity contribution in [1.29, 1.82) is 0 Å². The summed E-state index contributed by atoms with van der Waals surface area (Å²) < 4.78 is 0. The predicted octanol–water partition coefficient (Wildman–Crippen LogP) is 1.47. The van der Waals surface area contributed by atoms with Crippen LogP contribution in [0.2, 0.25) is 0 Å². The molecule has 104 valence electrons. The Balaban J connectivity index is 2.13. The Hall–Kier alpha value is -2.53. The number of nitrogens with one attached hydrogen (secondary N) is 1. The number of carbonyl (C=O) groups excluding carboxylic acids is 1. The second kappa shape index (κ2) is 6.08. The Kier molecular flexibility index (Phi) is 4.22. The highest BCUT2D eigenvalue weighted by Gasteiger charge is 2.05. The second-order valence-corrected chi connectivity index (χ2v) is 4.50. The van der Waals surface area contributed by atoms with Crippen molar-refractivity contribution in [3.8, 4) is 0 Å². The molecule has 0 atom stereocenters. The first-order valence-electron chi connectivity index (χ1n) is 6.22. The number of aliphatic hydroxyl groups excluding tert-OH is 1. The summed E-state index contributed by atoms with van der Waals surface area (Å²) in [6, 6.07) is 12.5. The normalized spacial score (nSPS) is 10.2. The Bertz CT molecular complexity index is 626. The van der Waals surface area contributed by atoms with Crippen molar-refractivity contribution in [2.24, 2.45) is 5.73 Å². The maximum absolute atomic E-state index is 11.1. The van der Waals surface area contributed by atoms with E-state index in [4.69, 9.17) is 16.6 Å². The van der Waals surface area contributed by atoms with Gasteiger partial charge >= 0.3 is 0 Å². The van der Waals surface area contributed by atoms with Gasteiger partial charge in [-0.25, -0.2) is 0 Å². The lowest BCUT2D eigenvalue weighted by molar-refractivity contribution is 0.100. The van der Waals surface area contributed by atoms with E-state index in [0.717, 1.165) is 11.1 Å². The van der Waals surface area contributed by atoms with Crippen LogP contribution in [0.4, 0.5) is 11.4 Å². The van der Waals surface area contributed by atoms with Crippen LogP contribution < -0.4 is 16.8 Å². The first-order chi connectivity index (χ1) is 9.60. The zero-order valence-corrected chi connectivity index (χ0v) is 11.0. The number of carbonyl (C=O) groups is 1. The van der Waals surface area contributed by atoms with E-state index < -0.39 is 5.91 Å². The maximum atomic E-state index is 11.1. The molecule has 2 aromatic rings. The number of anilines is 2. The number of amides is 1. The standard InChI is InChI=1S/C15H17N3O2/c16-13-5-4-12(15(17)20)7-14(13)18-8-10-2-1-3-11(6-10)9-19/h1-7,18-19H,8-9,16H2,(H2,17,20). The highest BCUT2D eigenvalue weighted by molar-refractivity contribution is 5.94. The maximum Gasteiger partial charge on any atom is 0.248 e. The molecule has 2 aromatic carbocycles. The van der Waals surface area contributed by atoms with Gasteiger partial charge in [0.05, 0.1) is 18.0 Å². The van der Waals surface area contributed by atoms with Crippen molar-refractivity contribution in [2.75, 3.05) is 11.1 Å². The Morgan fingerprint density at radius 1 is 1.15 bits per heavy atom. The molecule has 0 aliphatic carbocycles. The lowest BCUT2D eigenvalue weighted by Gasteiger charge is -2.11. The van der Waals surface area contributed by atoms with Crippen LogP contribution in [0.1, 0.15) is 21.5 Å². The van der Waals surface area contributed by atoms with Gasteiger partial charge in [-0.2, -0.15) is 0 Å². The number of benzene rings is 2. The highest BCUT2D eigenvalue weighted by Crippen LogP contribution is 2.20. The van der Waals surface area contributed by atoms with E-state index in [1.807, 2.05) is 24.3 Å². The zero-order valence-electron chi connectivity index (χ0n) is 11.0. The van der Waals surface area contributed by atoms with Gasteiger partial charge in [-0.05, 0) is 29.3 Å². The molecule has 0 spiro atoms. The predicted molar refractivity (Wildman–Crippen MR) is 79.1 cm³/mol. The van der Waals surface area contributed by atoms with Crippen molar-refractivity contribution in [3.63, 3.8) is 0 Å². The Labute approximate surface area is 117 Å². The van der Waals surface area contributed by atoms with Gasteiger partial charge in [-0.3, -0.25) is 4.79 Å². The van der Waals surface area contributed by atoms with Gasteiger partial charge in [-0.1, -0.05) is 24.3 Å². The van der Waals surface area contributed by atoms with Crippen LogP contribution in [0.3, 0.4) is 0 Å². The van der Waals surface area contributed by atoms with Crippen molar-refractivity contribution in [3.05, 3.63) is 59.2 Å². The van der Waals surface area contributed by atoms with E-state index >= 15 is 0 Å². The van der Waals surface area contributed by atoms with Crippen LogP contribution in [0.25, 0.3) is 0 Å². The molecule has 0 unspecified atom stereocenters. The van der Waals surface area contributed by atoms with E-state index in [0.29, 0.717) is 23.5 Å². The molecule has 0 aromatic heterocycles. The molecule has 0 heterocycles. The quantitative estimate of drug-likeness (QED) is 0.618. The topological polar surface area (TPSA) is 101 Å². The van der Waals surface area contributed by atoms with Gasteiger partial charge in [-0.15, -0.1) is 0 Å². The van der Waals surface area contributed by atoms with E-state index in [1.165, 1.54) is 0 Å². The fourth-order valence-corrected chi connectivity index (χ4v) is 1.90. The van der Waals surface area contributed by atoms with Gasteiger partial charge in [0, 0.05) is 12.1 Å². The molecule has 6 N–H and O–H groups in total. The number of hydrogen-bond donors (Lipinski definition) is 4. The molecule has 2 rings (SSSR count). The zero-order chi connectivity index (χ0) is 14.5. The van der Waals surface area contributed by atoms with Crippen LogP contribution in [-0.4, -0.2) is 11.0 Å². The van der Waals surface area contributed by atoms with Gasteiger partial charge in [0.1, 0.15) is 0 Å². The van der Waals surface area contributed by atoms with Crippen molar-refractivity contribution < 1.29 is 9.90 Å². The van der Waals surface area contributed by atoms with Crippen LogP contribution in [0.5, 0.6) is 0 Å². The van der Waals surface area contributed by atoms with Crippen molar-refractivity contribution >= 4 is 17.3 Å². The molecule has 0 saturated carbocycles. The summed E-state index contributed by atoms with van der Waals surface area (Å²) in [6.07, 6.45) is 0. The van der Waals surface area contributed by atoms with Gasteiger partial charge in [0.15, 0.2) is 0 Å². The third kappa shape index (κ3) is 3.27. The number of aliphatic hydroxyl groups is 1. The van der Waals surface area contributed by atoms with Gasteiger partial charge in [0.2, 0.25) is 5.91 Å². The average molecular weight is 271 g/mol. The van der Waals surface area contributed by atoms with Crippen LogP contribution in [0, 0.1) is 0 Å². The molecule has 0 aliphatic rings. The minimum absolute atomic E-state index is 0.00708. The Morgan fingerprint density at radius 3 is 2.60 bits per heavy atom. The largest absolute Gasteiger partial charge is 0.397 e. The van der Waals surface area contributed by atoms with Gasteiger partial charge < -0.3 is 21.9 Å². The summed E-state index contributed by atoms with van der Waals surface area (Å²) >= 11 is 0. The van der Waals surface area contributed by atoms with Crippen molar-refractivity contribution in [1.82, 2.24) is 0 Å². The molecule has 0 fully saturated rings. The van der Waals surface area contributed by atoms with Crippen LogP contribution in [-0.2, 0) is 13.2 Å².